The third kappa shape index (κ3) is 5.12. The van der Waals surface area contributed by atoms with E-state index in [4.69, 9.17) is 9.97 Å². The second-order valence-corrected chi connectivity index (χ2v) is 8.68. The van der Waals surface area contributed by atoms with Crippen LogP contribution in [0.25, 0.3) is 11.0 Å². The summed E-state index contributed by atoms with van der Waals surface area (Å²) in [6.07, 6.45) is 11.7. The molecule has 34 heavy (non-hydrogen) atoms. The maximum absolute atomic E-state index is 12.2. The first kappa shape index (κ1) is 22.2. The van der Waals surface area contributed by atoms with Gasteiger partial charge in [-0.2, -0.15) is 0 Å². The minimum absolute atomic E-state index is 0.183. The average molecular weight is 456 g/mol. The van der Waals surface area contributed by atoms with Crippen LogP contribution < -0.4 is 5.32 Å². The number of unbranched alkanes of at least 4 members (excludes halogenated alkanes) is 1. The number of amides is 1. The van der Waals surface area contributed by atoms with Crippen molar-refractivity contribution in [2.45, 2.75) is 44.7 Å². The number of carbonyl (C=O) groups is 1. The SMILES string of the molecule is O=C(NCCCCN(Cc1nc2ccccc2[nH]1)[C@H]1CCCc2cccnc21)c1cnccn1. The lowest BCUT2D eigenvalue weighted by atomic mass is 9.90. The number of fused-ring (bicyclic) bond motifs is 2. The number of benzene rings is 1. The van der Waals surface area contributed by atoms with Gasteiger partial charge >= 0.3 is 0 Å². The molecule has 1 amide bonds. The Morgan fingerprint density at radius 3 is 2.91 bits per heavy atom. The van der Waals surface area contributed by atoms with Gasteiger partial charge in [0.15, 0.2) is 0 Å². The first-order valence-corrected chi connectivity index (χ1v) is 11.9. The molecule has 1 aliphatic carbocycles. The monoisotopic (exact) mass is 455 g/mol. The van der Waals surface area contributed by atoms with E-state index in [1.54, 1.807) is 6.20 Å². The predicted octanol–water partition coefficient (Wildman–Crippen LogP) is 3.84. The van der Waals surface area contributed by atoms with E-state index in [1.807, 2.05) is 30.5 Å². The highest BCUT2D eigenvalue weighted by atomic mass is 16.1. The Hall–Kier alpha value is -3.65. The molecule has 1 atom stereocenters. The van der Waals surface area contributed by atoms with E-state index in [-0.39, 0.29) is 11.9 Å². The molecule has 8 heteroatoms. The molecule has 0 bridgehead atoms. The summed E-state index contributed by atoms with van der Waals surface area (Å²) in [5, 5.41) is 2.94. The van der Waals surface area contributed by atoms with Crippen LogP contribution >= 0.6 is 0 Å². The third-order valence-corrected chi connectivity index (χ3v) is 6.35. The lowest BCUT2D eigenvalue weighted by Gasteiger charge is -2.34. The van der Waals surface area contributed by atoms with Gasteiger partial charge < -0.3 is 10.3 Å². The van der Waals surface area contributed by atoms with Crippen molar-refractivity contribution in [2.75, 3.05) is 13.1 Å². The van der Waals surface area contributed by atoms with Crippen molar-refractivity contribution < 1.29 is 4.79 Å². The number of H-pyrrole nitrogens is 1. The van der Waals surface area contributed by atoms with E-state index in [2.05, 4.69) is 37.3 Å². The number of hydrogen-bond acceptors (Lipinski definition) is 6. The summed E-state index contributed by atoms with van der Waals surface area (Å²) in [5.41, 5.74) is 4.95. The molecule has 2 N–H and O–H groups in total. The number of nitrogens with one attached hydrogen (secondary N) is 2. The number of imidazole rings is 1. The molecule has 5 rings (SSSR count). The molecule has 0 aliphatic heterocycles. The van der Waals surface area contributed by atoms with E-state index in [1.165, 1.54) is 23.7 Å². The van der Waals surface area contributed by atoms with Crippen LogP contribution in [0.2, 0.25) is 0 Å². The highest BCUT2D eigenvalue weighted by Crippen LogP contribution is 2.33. The topological polar surface area (TPSA) is 99.7 Å². The van der Waals surface area contributed by atoms with Gasteiger partial charge in [-0.25, -0.2) is 9.97 Å². The van der Waals surface area contributed by atoms with Crippen LogP contribution in [0.3, 0.4) is 0 Å². The van der Waals surface area contributed by atoms with E-state index in [9.17, 15) is 4.79 Å². The lowest BCUT2D eigenvalue weighted by molar-refractivity contribution is 0.0946. The molecule has 0 spiro atoms. The van der Waals surface area contributed by atoms with Gasteiger partial charge in [0.1, 0.15) is 11.5 Å². The molecule has 0 unspecified atom stereocenters. The lowest BCUT2D eigenvalue weighted by Crippen LogP contribution is -2.33. The van der Waals surface area contributed by atoms with Gasteiger partial charge in [-0.05, 0) is 62.4 Å². The summed E-state index contributed by atoms with van der Waals surface area (Å²) < 4.78 is 0. The fraction of sp³-hybridized carbons (Fsp3) is 0.346. The van der Waals surface area contributed by atoms with Crippen molar-refractivity contribution in [3.8, 4) is 0 Å². The highest BCUT2D eigenvalue weighted by molar-refractivity contribution is 5.91. The number of pyridine rings is 1. The normalized spacial score (nSPS) is 15.4. The minimum Gasteiger partial charge on any atom is -0.351 e. The number of nitrogens with zero attached hydrogens (tertiary/aromatic N) is 5. The number of aryl methyl sites for hydroxylation is 1. The summed E-state index contributed by atoms with van der Waals surface area (Å²) in [6.45, 7) is 2.24. The quantitative estimate of drug-likeness (QED) is 0.372. The fourth-order valence-corrected chi connectivity index (χ4v) is 4.71. The largest absolute Gasteiger partial charge is 0.351 e. The van der Waals surface area contributed by atoms with Crippen molar-refractivity contribution in [1.82, 2.24) is 35.1 Å². The number of aromatic nitrogens is 5. The first-order valence-electron chi connectivity index (χ1n) is 11.9. The van der Waals surface area contributed by atoms with Gasteiger partial charge in [-0.3, -0.25) is 19.7 Å². The highest BCUT2D eigenvalue weighted by Gasteiger charge is 2.27. The summed E-state index contributed by atoms with van der Waals surface area (Å²) in [5.74, 6) is 0.790. The van der Waals surface area contributed by atoms with Crippen LogP contribution in [0.15, 0.2) is 61.2 Å². The van der Waals surface area contributed by atoms with E-state index >= 15 is 0 Å². The van der Waals surface area contributed by atoms with Crippen LogP contribution in [0, 0.1) is 0 Å². The molecule has 3 aromatic heterocycles. The maximum Gasteiger partial charge on any atom is 0.271 e. The molecule has 174 valence electrons. The van der Waals surface area contributed by atoms with Crippen molar-refractivity contribution >= 4 is 16.9 Å². The van der Waals surface area contributed by atoms with Crippen molar-refractivity contribution in [1.29, 1.82) is 0 Å². The smallest absolute Gasteiger partial charge is 0.271 e. The van der Waals surface area contributed by atoms with Crippen LogP contribution in [-0.4, -0.2) is 48.8 Å². The molecule has 3 heterocycles. The summed E-state index contributed by atoms with van der Waals surface area (Å²) in [4.78, 5) is 35.8. The third-order valence-electron chi connectivity index (χ3n) is 6.35. The number of carbonyl (C=O) groups excluding carboxylic acids is 1. The molecule has 1 aromatic carbocycles. The number of aromatic amines is 1. The summed E-state index contributed by atoms with van der Waals surface area (Å²) >= 11 is 0. The van der Waals surface area contributed by atoms with Crippen molar-refractivity contribution in [3.63, 3.8) is 0 Å². The zero-order chi connectivity index (χ0) is 23.2. The number of para-hydroxylation sites is 2. The molecular formula is C26H29N7O. The molecule has 0 radical (unpaired) electrons. The van der Waals surface area contributed by atoms with Gasteiger partial charge in [0.05, 0.1) is 35.5 Å². The van der Waals surface area contributed by atoms with E-state index in [0.717, 1.165) is 62.1 Å². The van der Waals surface area contributed by atoms with Gasteiger partial charge in [0, 0.05) is 25.1 Å². The van der Waals surface area contributed by atoms with Crippen LogP contribution in [0.5, 0.6) is 0 Å². The molecule has 8 nitrogen and oxygen atoms in total. The summed E-state index contributed by atoms with van der Waals surface area (Å²) in [6, 6.07) is 12.7. The predicted molar refractivity (Wildman–Crippen MR) is 130 cm³/mol. The Kier molecular flexibility index (Phi) is 6.86. The Balaban J connectivity index is 1.25. The second-order valence-electron chi connectivity index (χ2n) is 8.68. The molecule has 0 saturated carbocycles. The minimum atomic E-state index is -0.183. The standard InChI is InChI=1S/C26H29N7O/c34-26(22-17-27-14-15-28-22)30-12-3-4-16-33(18-24-31-20-9-1-2-10-21(20)32-24)23-11-5-7-19-8-6-13-29-25(19)23/h1-2,6,8-10,13-15,17,23H,3-5,7,11-12,16,18H2,(H,30,34)(H,31,32)/t23-/m0/s1. The molecule has 1 aliphatic rings. The molecule has 0 fully saturated rings. The van der Waals surface area contributed by atoms with Gasteiger partial charge in [0.2, 0.25) is 0 Å². The Labute approximate surface area is 198 Å². The average Bonchev–Trinajstić information content (AvgIpc) is 3.30. The molecule has 4 aromatic rings. The fourth-order valence-electron chi connectivity index (χ4n) is 4.71. The van der Waals surface area contributed by atoms with E-state index in [0.29, 0.717) is 12.2 Å². The van der Waals surface area contributed by atoms with Crippen molar-refractivity contribution in [2.24, 2.45) is 0 Å². The van der Waals surface area contributed by atoms with Gasteiger partial charge in [0.25, 0.3) is 5.91 Å². The molecular weight excluding hydrogens is 426 g/mol. The first-order chi connectivity index (χ1) is 16.8. The van der Waals surface area contributed by atoms with E-state index < -0.39 is 0 Å². The van der Waals surface area contributed by atoms with Gasteiger partial charge in [-0.1, -0.05) is 18.2 Å². The van der Waals surface area contributed by atoms with Crippen LogP contribution in [0.1, 0.15) is 59.3 Å². The Bertz CT molecular complexity index is 1210. The van der Waals surface area contributed by atoms with Crippen LogP contribution in [0.4, 0.5) is 0 Å². The zero-order valence-electron chi connectivity index (χ0n) is 19.2. The number of hydrogen-bond donors (Lipinski definition) is 2. The molecule has 0 saturated heterocycles. The summed E-state index contributed by atoms with van der Waals surface area (Å²) in [7, 11) is 0. The maximum atomic E-state index is 12.2. The Morgan fingerprint density at radius 1 is 1.09 bits per heavy atom. The Morgan fingerprint density at radius 2 is 2.03 bits per heavy atom. The zero-order valence-corrected chi connectivity index (χ0v) is 19.2. The number of rotatable bonds is 9. The second kappa shape index (κ2) is 10.5. The van der Waals surface area contributed by atoms with Crippen LogP contribution in [-0.2, 0) is 13.0 Å². The van der Waals surface area contributed by atoms with Gasteiger partial charge in [-0.15, -0.1) is 0 Å². The van der Waals surface area contributed by atoms with Crippen molar-refractivity contribution in [3.05, 3.63) is 84.0 Å².